The van der Waals surface area contributed by atoms with Crippen LogP contribution < -0.4 is 20.4 Å². The minimum Gasteiger partial charge on any atom is -0.478 e. The van der Waals surface area contributed by atoms with Gasteiger partial charge in [0, 0.05) is 144 Å². The van der Waals surface area contributed by atoms with Gasteiger partial charge in [0.1, 0.15) is 25.4 Å². The Kier molecular flexibility index (Phi) is 42.3. The molecule has 3 amide bonds. The van der Waals surface area contributed by atoms with Gasteiger partial charge in [0.15, 0.2) is 8.32 Å². The number of nitriles is 2. The van der Waals surface area contributed by atoms with Crippen molar-refractivity contribution >= 4 is 66.3 Å². The Morgan fingerprint density at radius 2 is 0.911 bits per heavy atom. The third-order valence-electron chi connectivity index (χ3n) is 24.8. The fourth-order valence-corrected chi connectivity index (χ4v) is 17.6. The number of nitrogens with zero attached hydrogens (tertiary/aromatic N) is 10. The van der Waals surface area contributed by atoms with Crippen LogP contribution in [0.4, 0.5) is 21.0 Å². The Bertz CT molecular complexity index is 4310. The number of piperazine rings is 4. The van der Waals surface area contributed by atoms with Gasteiger partial charge >= 0.3 is 18.2 Å². The number of aliphatic hydroxyl groups is 3. The summed E-state index contributed by atoms with van der Waals surface area (Å²) >= 11 is 2.34. The number of nitrogens with one attached hydrogen (secondary N) is 2. The number of hydrogen-bond donors (Lipinski definition) is 6. The lowest BCUT2D eigenvalue weighted by Crippen LogP contribution is -2.58. The molecule has 6 aliphatic heterocycles. The summed E-state index contributed by atoms with van der Waals surface area (Å²) < 4.78 is 17.9. The second kappa shape index (κ2) is 50.9. The van der Waals surface area contributed by atoms with Crippen molar-refractivity contribution in [2.75, 3.05) is 141 Å². The van der Waals surface area contributed by atoms with Gasteiger partial charge in [-0.1, -0.05) is 154 Å². The first-order chi connectivity index (χ1) is 58.6. The summed E-state index contributed by atoms with van der Waals surface area (Å²) in [4.78, 5) is 66.3. The molecule has 6 aromatic rings. The normalized spacial score (nSPS) is 18.9. The summed E-state index contributed by atoms with van der Waals surface area (Å²) in [5, 5.41) is 63.5. The van der Waals surface area contributed by atoms with Gasteiger partial charge < -0.3 is 69.5 Å². The number of anilines is 2. The Labute approximate surface area is 750 Å². The molecule has 6 fully saturated rings. The number of rotatable bonds is 21. The van der Waals surface area contributed by atoms with Gasteiger partial charge in [0.05, 0.1) is 66.6 Å². The number of amides is 3. The number of benzene rings is 6. The molecule has 25 heteroatoms. The zero-order chi connectivity index (χ0) is 90.1. The zero-order valence-corrected chi connectivity index (χ0v) is 79.9. The minimum absolute atomic E-state index is 0.00993. The number of piperidine rings is 2. The van der Waals surface area contributed by atoms with E-state index in [9.17, 15) is 45.0 Å². The maximum absolute atomic E-state index is 13.6. The number of carbonyl (C=O) groups is 4. The van der Waals surface area contributed by atoms with Crippen molar-refractivity contribution in [2.24, 2.45) is 11.8 Å². The molecule has 12 rings (SSSR count). The SMILES string of the molecule is CC(C)(C)[Si](C)(C)OC[C@H]1CN(C(=O)OCc2ccccc2)CCN1.CC(C)I.CC(C)N1CCN(C(=O)OCc2ccccc2)C[C@@H]1CO.CC(C)N1CCNC[C@@H]1CO.Cc1cc(C)c(C(=O)N2CCN(C(C)C)[C@@H](CO)C2)cc1CC1CCN(c2ccccc2C#N)CC1.Cc1cc(C)c(C(=O)O)cc1CC1CCN(c2ccccc2C#N)CC1. The summed E-state index contributed by atoms with van der Waals surface area (Å²) in [6.07, 6.45) is 5.59. The molecule has 0 saturated carbocycles. The smallest absolute Gasteiger partial charge is 0.410 e. The third kappa shape index (κ3) is 31.8. The van der Waals surface area contributed by atoms with Crippen molar-refractivity contribution < 1.29 is 53.5 Å². The molecule has 6 N–H and O–H groups in total. The molecule has 6 saturated heterocycles. The molecule has 123 heavy (non-hydrogen) atoms. The number of aliphatic hydroxyl groups excluding tert-OH is 3. The summed E-state index contributed by atoms with van der Waals surface area (Å²) in [5.74, 6) is 0.335. The van der Waals surface area contributed by atoms with Gasteiger partial charge in [-0.25, -0.2) is 14.4 Å². The van der Waals surface area contributed by atoms with Crippen LogP contribution >= 0.6 is 22.6 Å². The Hall–Kier alpha value is -8.03. The first kappa shape index (κ1) is 102. The van der Waals surface area contributed by atoms with E-state index in [0.717, 1.165) is 164 Å². The molecule has 6 aliphatic rings. The molecule has 0 bridgehead atoms. The van der Waals surface area contributed by atoms with Crippen LogP contribution in [-0.2, 0) is 40.0 Å². The number of para-hydroxylation sites is 2. The standard InChI is InChI=1S/C30H40N4O2.C22H24N2O2.C19H32N2O3Si.C16H24N2O3.C8H18N2O.C3H7I/c1-21(2)34-14-13-33(19-27(34)20-35)30(36)28-17-26(22(3)15-23(28)4)16-24-9-11-32(12-10-24)29-8-6-5-7-25(29)18-31;1-15-11-16(2)20(22(25)26)13-19(15)12-17-7-9-24(10-8-17)21-6-4-3-5-18(21)14-23;1-19(2,3)25(4,5)24-15-17-13-21(12-11-20-17)18(22)23-14-16-9-7-6-8-10-16;1-13(2)18-9-8-17(10-15(18)11-19)16(20)21-12-14-6-4-3-5-7-14;1-7(2)10-4-3-9-5-8(10)6-11;1-3(2)4/h5-8,15,17,21,24,27,35H,9-14,16,19-20H2,1-4H3;3-6,11,13,17H,7-10,12H2,1-2H3,(H,25,26);6-10,17,20H,11-15H2,1-5H3;3-7,13,15,19H,8-12H2,1-2H3;7-9,11H,3-6H2,1-2H3;3H,1-2H3/t27-;;17-;15-;8-;/m1.111./s1. The van der Waals surface area contributed by atoms with Gasteiger partial charge in [0.2, 0.25) is 0 Å². The molecular formula is C98H145IN12O11Si. The molecule has 23 nitrogen and oxygen atoms in total. The van der Waals surface area contributed by atoms with E-state index < -0.39 is 14.3 Å². The first-order valence-electron chi connectivity index (χ1n) is 44.5. The quantitative estimate of drug-likeness (QED) is 0.0222. The zero-order valence-electron chi connectivity index (χ0n) is 76.8. The van der Waals surface area contributed by atoms with Crippen LogP contribution in [0.15, 0.2) is 133 Å². The topological polar surface area (TPSA) is 274 Å². The van der Waals surface area contributed by atoms with Crippen LogP contribution in [0.1, 0.15) is 178 Å². The highest BCUT2D eigenvalue weighted by Gasteiger charge is 2.39. The highest BCUT2D eigenvalue weighted by atomic mass is 127. The highest BCUT2D eigenvalue weighted by molar-refractivity contribution is 14.1. The average molecular weight is 1820 g/mol. The average Bonchev–Trinajstić information content (AvgIpc) is 0.798. The molecule has 0 radical (unpaired) electrons. The van der Waals surface area contributed by atoms with Crippen molar-refractivity contribution in [1.29, 1.82) is 10.5 Å². The van der Waals surface area contributed by atoms with E-state index in [1.54, 1.807) is 9.80 Å². The van der Waals surface area contributed by atoms with Crippen molar-refractivity contribution in [2.45, 2.75) is 220 Å². The predicted octanol–water partition coefficient (Wildman–Crippen LogP) is 15.3. The summed E-state index contributed by atoms with van der Waals surface area (Å²) in [5.41, 5.74) is 13.4. The van der Waals surface area contributed by atoms with Gasteiger partial charge in [-0.2, -0.15) is 10.5 Å². The van der Waals surface area contributed by atoms with Gasteiger partial charge in [-0.05, 0) is 219 Å². The number of aromatic carboxylic acids is 1. The summed E-state index contributed by atoms with van der Waals surface area (Å²) in [6.45, 7) is 50.9. The molecule has 0 unspecified atom stereocenters. The number of carboxylic acid groups (broad SMARTS) is 1. The maximum Gasteiger partial charge on any atom is 0.410 e. The number of ether oxygens (including phenoxy) is 2. The van der Waals surface area contributed by atoms with Crippen LogP contribution in [0.2, 0.25) is 18.1 Å². The summed E-state index contributed by atoms with van der Waals surface area (Å²) in [7, 11) is -1.77. The lowest BCUT2D eigenvalue weighted by atomic mass is 9.86. The first-order valence-corrected chi connectivity index (χ1v) is 48.7. The van der Waals surface area contributed by atoms with Crippen molar-refractivity contribution in [3.63, 3.8) is 0 Å². The number of carbonyl (C=O) groups excluding carboxylic acids is 3. The minimum atomic E-state index is -1.77. The second-order valence-electron chi connectivity index (χ2n) is 36.2. The van der Waals surface area contributed by atoms with Crippen molar-refractivity contribution in [3.05, 3.63) is 200 Å². The van der Waals surface area contributed by atoms with E-state index in [-0.39, 0.29) is 67.7 Å². The van der Waals surface area contributed by atoms with Gasteiger partial charge in [-0.15, -0.1) is 0 Å². The number of carboxylic acids is 1. The number of halogens is 1. The van der Waals surface area contributed by atoms with E-state index in [2.05, 4.69) is 185 Å². The van der Waals surface area contributed by atoms with Gasteiger partial charge in [-0.3, -0.25) is 19.5 Å². The third-order valence-corrected chi connectivity index (χ3v) is 29.3. The highest BCUT2D eigenvalue weighted by Crippen LogP contribution is 2.37. The number of alkyl halides is 1. The van der Waals surface area contributed by atoms with E-state index >= 15 is 0 Å². The Morgan fingerprint density at radius 3 is 1.33 bits per heavy atom. The molecule has 6 heterocycles. The Balaban J connectivity index is 0.000000216. The molecule has 0 aromatic heterocycles. The predicted molar refractivity (Wildman–Crippen MR) is 506 cm³/mol. The maximum atomic E-state index is 13.6. The van der Waals surface area contributed by atoms with Gasteiger partial charge in [0.25, 0.3) is 5.91 Å². The molecule has 674 valence electrons. The second-order valence-corrected chi connectivity index (χ2v) is 43.5. The van der Waals surface area contributed by atoms with Crippen molar-refractivity contribution in [3.8, 4) is 12.1 Å². The number of aryl methyl sites for hydroxylation is 4. The van der Waals surface area contributed by atoms with E-state index in [0.29, 0.717) is 94.0 Å². The summed E-state index contributed by atoms with van der Waals surface area (Å²) in [6, 6.07) is 49.5. The fraction of sp³-hybridized carbons (Fsp3) is 0.571. The lowest BCUT2D eigenvalue weighted by molar-refractivity contribution is 0.0136. The molecule has 0 spiro atoms. The van der Waals surface area contributed by atoms with E-state index in [4.69, 9.17) is 19.0 Å². The number of hydrogen-bond acceptors (Lipinski definition) is 19. The largest absolute Gasteiger partial charge is 0.478 e. The molecular weight excluding hydrogens is 1680 g/mol. The van der Waals surface area contributed by atoms with Crippen LogP contribution in [0.3, 0.4) is 0 Å². The molecule has 6 aromatic carbocycles. The van der Waals surface area contributed by atoms with E-state index in [1.807, 2.05) is 140 Å². The van der Waals surface area contributed by atoms with Crippen LogP contribution in [0.5, 0.6) is 0 Å². The van der Waals surface area contributed by atoms with Crippen LogP contribution in [0.25, 0.3) is 0 Å². The van der Waals surface area contributed by atoms with E-state index in [1.165, 1.54) is 16.7 Å². The monoisotopic (exact) mass is 1820 g/mol. The fourth-order valence-electron chi connectivity index (χ4n) is 16.6. The molecule has 0 aliphatic carbocycles. The Morgan fingerprint density at radius 1 is 0.512 bits per heavy atom. The van der Waals surface area contributed by atoms with Crippen molar-refractivity contribution in [1.82, 2.24) is 40.0 Å². The molecule has 4 atom stereocenters. The van der Waals surface area contributed by atoms with Crippen LogP contribution in [-0.4, -0.2) is 260 Å². The van der Waals surface area contributed by atoms with Crippen LogP contribution in [0, 0.1) is 62.2 Å². The lowest BCUT2D eigenvalue weighted by Gasteiger charge is -2.43.